The van der Waals surface area contributed by atoms with Crippen LogP contribution in [0.5, 0.6) is 0 Å². The van der Waals surface area contributed by atoms with Gasteiger partial charge in [0, 0.05) is 25.7 Å². The predicted molar refractivity (Wildman–Crippen MR) is 60.7 cm³/mol. The molecule has 0 fully saturated rings. The Hall–Kier alpha value is -0.770. The highest BCUT2D eigenvalue weighted by molar-refractivity contribution is 5.81. The molecular formula is C10H22N4. The second-order valence-electron chi connectivity index (χ2n) is 4.69. The predicted octanol–water partition coefficient (Wildman–Crippen LogP) is 0.218. The summed E-state index contributed by atoms with van der Waals surface area (Å²) in [5.41, 5.74) is 0.159. The van der Waals surface area contributed by atoms with E-state index >= 15 is 0 Å². The molecule has 0 aromatic rings. The first-order valence-corrected chi connectivity index (χ1v) is 5.10. The van der Waals surface area contributed by atoms with Crippen molar-refractivity contribution < 1.29 is 0 Å². The lowest BCUT2D eigenvalue weighted by atomic mass is 10.0. The van der Waals surface area contributed by atoms with Gasteiger partial charge in [0.1, 0.15) is 0 Å². The van der Waals surface area contributed by atoms with E-state index in [1.165, 1.54) is 0 Å². The molecule has 1 aliphatic rings. The minimum Gasteiger partial charge on any atom is -0.354 e. The molecule has 4 nitrogen and oxygen atoms in total. The third-order valence-corrected chi connectivity index (χ3v) is 2.95. The highest BCUT2D eigenvalue weighted by Gasteiger charge is 2.22. The molecule has 0 aromatic carbocycles. The summed E-state index contributed by atoms with van der Waals surface area (Å²) in [5, 5.41) is 3.39. The number of hydrogen-bond donors (Lipinski definition) is 1. The number of likely N-dealkylation sites (N-methyl/N-ethyl adjacent to an activating group) is 2. The van der Waals surface area contributed by atoms with Crippen molar-refractivity contribution in [1.29, 1.82) is 0 Å². The highest BCUT2D eigenvalue weighted by Crippen LogP contribution is 2.08. The molecule has 0 aromatic heterocycles. The zero-order valence-corrected chi connectivity index (χ0v) is 9.96. The van der Waals surface area contributed by atoms with Crippen molar-refractivity contribution in [2.45, 2.75) is 19.4 Å². The van der Waals surface area contributed by atoms with Gasteiger partial charge in [0.2, 0.25) is 0 Å². The van der Waals surface area contributed by atoms with Gasteiger partial charge >= 0.3 is 0 Å². The van der Waals surface area contributed by atoms with E-state index in [9.17, 15) is 0 Å². The molecule has 0 radical (unpaired) electrons. The fraction of sp³-hybridized carbons (Fsp3) is 0.900. The zero-order chi connectivity index (χ0) is 10.8. The molecule has 1 heterocycles. The largest absolute Gasteiger partial charge is 0.354 e. The van der Waals surface area contributed by atoms with E-state index in [4.69, 9.17) is 0 Å². The Morgan fingerprint density at radius 3 is 2.57 bits per heavy atom. The van der Waals surface area contributed by atoms with E-state index in [0.29, 0.717) is 0 Å². The van der Waals surface area contributed by atoms with Crippen LogP contribution >= 0.6 is 0 Å². The third kappa shape index (κ3) is 2.61. The quantitative estimate of drug-likeness (QED) is 0.703. The van der Waals surface area contributed by atoms with Crippen molar-refractivity contribution in [1.82, 2.24) is 15.1 Å². The molecule has 14 heavy (non-hydrogen) atoms. The topological polar surface area (TPSA) is 30.9 Å². The van der Waals surface area contributed by atoms with Crippen LogP contribution in [0.4, 0.5) is 0 Å². The van der Waals surface area contributed by atoms with E-state index in [0.717, 1.165) is 25.6 Å². The lowest BCUT2D eigenvalue weighted by molar-refractivity contribution is 0.196. The molecule has 0 amide bonds. The molecule has 0 spiro atoms. The summed E-state index contributed by atoms with van der Waals surface area (Å²) in [6.45, 7) is 7.31. The number of nitrogens with one attached hydrogen (secondary N) is 1. The van der Waals surface area contributed by atoms with E-state index in [1.807, 2.05) is 0 Å². The van der Waals surface area contributed by atoms with Gasteiger partial charge < -0.3 is 15.1 Å². The van der Waals surface area contributed by atoms with Gasteiger partial charge in [-0.05, 0) is 27.9 Å². The van der Waals surface area contributed by atoms with Gasteiger partial charge in [-0.3, -0.25) is 4.99 Å². The number of rotatable bonds is 3. The normalized spacial score (nSPS) is 17.6. The molecule has 4 heteroatoms. The average Bonchev–Trinajstić information content (AvgIpc) is 2.47. The molecule has 0 aliphatic carbocycles. The van der Waals surface area contributed by atoms with E-state index in [1.54, 1.807) is 0 Å². The summed E-state index contributed by atoms with van der Waals surface area (Å²) >= 11 is 0. The van der Waals surface area contributed by atoms with Crippen LogP contribution in [0.15, 0.2) is 4.99 Å². The fourth-order valence-electron chi connectivity index (χ4n) is 1.18. The Morgan fingerprint density at radius 2 is 2.14 bits per heavy atom. The van der Waals surface area contributed by atoms with Crippen molar-refractivity contribution >= 4 is 5.96 Å². The van der Waals surface area contributed by atoms with E-state index < -0.39 is 0 Å². The molecule has 1 aliphatic heterocycles. The molecule has 0 saturated heterocycles. The van der Waals surface area contributed by atoms with E-state index in [-0.39, 0.29) is 5.54 Å². The van der Waals surface area contributed by atoms with Crippen LogP contribution in [0.25, 0.3) is 0 Å². The molecule has 0 unspecified atom stereocenters. The van der Waals surface area contributed by atoms with Gasteiger partial charge in [-0.15, -0.1) is 0 Å². The lowest BCUT2D eigenvalue weighted by Crippen LogP contribution is -2.50. The van der Waals surface area contributed by atoms with Crippen molar-refractivity contribution in [2.75, 3.05) is 40.8 Å². The fourth-order valence-corrected chi connectivity index (χ4v) is 1.18. The standard InChI is InChI=1S/C10H22N4/c1-10(2,13(3)4)8-12-9-11-6-7-14(9)5/h6-8H2,1-5H3,(H,11,12). The summed E-state index contributed by atoms with van der Waals surface area (Å²) < 4.78 is 0. The van der Waals surface area contributed by atoms with Crippen LogP contribution in [-0.4, -0.2) is 62.1 Å². The lowest BCUT2D eigenvalue weighted by Gasteiger charge is -2.33. The maximum Gasteiger partial charge on any atom is 0.193 e. The van der Waals surface area contributed by atoms with Crippen LogP contribution in [0.1, 0.15) is 13.8 Å². The Labute approximate surface area is 87.0 Å². The van der Waals surface area contributed by atoms with Gasteiger partial charge in [0.15, 0.2) is 5.96 Å². The molecular weight excluding hydrogens is 176 g/mol. The summed E-state index contributed by atoms with van der Waals surface area (Å²) in [6, 6.07) is 0. The monoisotopic (exact) mass is 198 g/mol. The maximum atomic E-state index is 4.39. The Morgan fingerprint density at radius 1 is 1.50 bits per heavy atom. The third-order valence-electron chi connectivity index (χ3n) is 2.95. The van der Waals surface area contributed by atoms with Gasteiger partial charge in [-0.2, -0.15) is 0 Å². The van der Waals surface area contributed by atoms with Crippen molar-refractivity contribution in [3.63, 3.8) is 0 Å². The van der Waals surface area contributed by atoms with Crippen molar-refractivity contribution in [3.05, 3.63) is 0 Å². The minimum absolute atomic E-state index is 0.159. The molecule has 0 bridgehead atoms. The second-order valence-corrected chi connectivity index (χ2v) is 4.69. The second kappa shape index (κ2) is 4.17. The first kappa shape index (κ1) is 11.3. The van der Waals surface area contributed by atoms with Crippen LogP contribution in [0.3, 0.4) is 0 Å². The van der Waals surface area contributed by atoms with Crippen LogP contribution in [-0.2, 0) is 0 Å². The molecule has 0 atom stereocenters. The summed E-state index contributed by atoms with van der Waals surface area (Å²) in [5.74, 6) is 1.03. The summed E-state index contributed by atoms with van der Waals surface area (Å²) in [6.07, 6.45) is 0. The number of guanidine groups is 1. The van der Waals surface area contributed by atoms with Crippen molar-refractivity contribution in [2.24, 2.45) is 4.99 Å². The smallest absolute Gasteiger partial charge is 0.193 e. The summed E-state index contributed by atoms with van der Waals surface area (Å²) in [4.78, 5) is 8.77. The number of hydrogen-bond acceptors (Lipinski definition) is 4. The number of aliphatic imine (C=N–C) groups is 1. The molecule has 82 valence electrons. The SMILES string of the molecule is CN1CCN=C1NCC(C)(C)N(C)C. The van der Waals surface area contributed by atoms with Gasteiger partial charge in [0.25, 0.3) is 0 Å². The van der Waals surface area contributed by atoms with Gasteiger partial charge in [-0.1, -0.05) is 0 Å². The Balaban J connectivity index is 2.40. The molecule has 1 rings (SSSR count). The average molecular weight is 198 g/mol. The Bertz CT molecular complexity index is 220. The minimum atomic E-state index is 0.159. The van der Waals surface area contributed by atoms with Crippen LogP contribution in [0, 0.1) is 0 Å². The number of nitrogens with zero attached hydrogens (tertiary/aromatic N) is 3. The van der Waals surface area contributed by atoms with Crippen LogP contribution in [0.2, 0.25) is 0 Å². The molecule has 1 N–H and O–H groups in total. The van der Waals surface area contributed by atoms with Gasteiger partial charge in [0.05, 0.1) is 6.54 Å². The maximum absolute atomic E-state index is 4.39. The highest BCUT2D eigenvalue weighted by atomic mass is 15.3. The van der Waals surface area contributed by atoms with Gasteiger partial charge in [-0.25, -0.2) is 0 Å². The van der Waals surface area contributed by atoms with E-state index in [2.05, 4.69) is 55.1 Å². The summed E-state index contributed by atoms with van der Waals surface area (Å²) in [7, 11) is 6.27. The first-order valence-electron chi connectivity index (χ1n) is 5.10. The zero-order valence-electron chi connectivity index (χ0n) is 9.96. The molecule has 0 saturated carbocycles. The van der Waals surface area contributed by atoms with Crippen LogP contribution < -0.4 is 5.32 Å². The first-order chi connectivity index (χ1) is 6.43. The Kier molecular flexibility index (Phi) is 3.37. The van der Waals surface area contributed by atoms with Crippen molar-refractivity contribution in [3.8, 4) is 0 Å².